The molecule has 116 valence electrons. The summed E-state index contributed by atoms with van der Waals surface area (Å²) < 4.78 is 0. The lowest BCUT2D eigenvalue weighted by Gasteiger charge is -2.27. The smallest absolute Gasteiger partial charge is 0.0418 e. The number of hydrogen-bond acceptors (Lipinski definition) is 1. The summed E-state index contributed by atoms with van der Waals surface area (Å²) in [5.41, 5.74) is 2.93. The molecule has 0 heterocycles. The van der Waals surface area contributed by atoms with Crippen molar-refractivity contribution >= 4 is 0 Å². The van der Waals surface area contributed by atoms with Crippen LogP contribution >= 0.6 is 0 Å². The SMILES string of the molecule is C=C/C=C\C(=C/C)N(C(=C)/C=C\C=C/C)C(/C=C\C=C)=C/C. The second kappa shape index (κ2) is 12.2. The summed E-state index contributed by atoms with van der Waals surface area (Å²) in [5.74, 6) is 0. The van der Waals surface area contributed by atoms with E-state index in [0.29, 0.717) is 0 Å². The van der Waals surface area contributed by atoms with Gasteiger partial charge in [0.25, 0.3) is 0 Å². The lowest BCUT2D eigenvalue weighted by atomic mass is 10.2. The fraction of sp³-hybridized carbons (Fsp3) is 0.143. The van der Waals surface area contributed by atoms with Crippen molar-refractivity contribution < 1.29 is 0 Å². The first-order valence-corrected chi connectivity index (χ1v) is 7.35. The van der Waals surface area contributed by atoms with Crippen LogP contribution in [0.5, 0.6) is 0 Å². The van der Waals surface area contributed by atoms with Crippen LogP contribution in [-0.4, -0.2) is 4.90 Å². The van der Waals surface area contributed by atoms with Gasteiger partial charge in [-0.25, -0.2) is 0 Å². The molecule has 0 amide bonds. The van der Waals surface area contributed by atoms with E-state index in [9.17, 15) is 0 Å². The molecule has 0 bridgehead atoms. The molecule has 1 nitrogen and oxygen atoms in total. The average molecular weight is 293 g/mol. The summed E-state index contributed by atoms with van der Waals surface area (Å²) in [4.78, 5) is 2.08. The largest absolute Gasteiger partial charge is 0.312 e. The Labute approximate surface area is 136 Å². The monoisotopic (exact) mass is 293 g/mol. The number of allylic oxidation sites excluding steroid dienone is 12. The first kappa shape index (κ1) is 19.5. The fourth-order valence-corrected chi connectivity index (χ4v) is 1.77. The highest BCUT2D eigenvalue weighted by Gasteiger charge is 2.11. The molecule has 0 saturated carbocycles. The molecule has 22 heavy (non-hydrogen) atoms. The first-order chi connectivity index (χ1) is 10.7. The summed E-state index contributed by atoms with van der Waals surface area (Å²) in [6, 6.07) is 0. The molecular formula is C21H27N. The minimum atomic E-state index is 0.877. The van der Waals surface area contributed by atoms with Crippen LogP contribution in [0.3, 0.4) is 0 Å². The first-order valence-electron chi connectivity index (χ1n) is 7.35. The van der Waals surface area contributed by atoms with Gasteiger partial charge in [0.05, 0.1) is 0 Å². The van der Waals surface area contributed by atoms with Crippen molar-refractivity contribution in [1.82, 2.24) is 4.90 Å². The van der Waals surface area contributed by atoms with Crippen molar-refractivity contribution in [3.05, 3.63) is 110 Å². The van der Waals surface area contributed by atoms with Gasteiger partial charge in [0.1, 0.15) is 0 Å². The molecule has 0 aliphatic rings. The summed E-state index contributed by atoms with van der Waals surface area (Å²) >= 11 is 0. The molecule has 0 saturated heterocycles. The Morgan fingerprint density at radius 1 is 0.727 bits per heavy atom. The molecule has 0 aliphatic heterocycles. The van der Waals surface area contributed by atoms with Gasteiger partial charge in [-0.3, -0.25) is 0 Å². The second-order valence-electron chi connectivity index (χ2n) is 4.33. The van der Waals surface area contributed by atoms with Crippen molar-refractivity contribution in [3.8, 4) is 0 Å². The van der Waals surface area contributed by atoms with Crippen molar-refractivity contribution in [1.29, 1.82) is 0 Å². The highest BCUT2D eigenvalue weighted by atomic mass is 15.2. The zero-order chi connectivity index (χ0) is 16.8. The summed E-state index contributed by atoms with van der Waals surface area (Å²) in [7, 11) is 0. The van der Waals surface area contributed by atoms with Crippen LogP contribution in [0.15, 0.2) is 110 Å². The maximum atomic E-state index is 4.18. The van der Waals surface area contributed by atoms with Crippen LogP contribution < -0.4 is 0 Å². The Hall–Kier alpha value is -2.54. The van der Waals surface area contributed by atoms with Crippen molar-refractivity contribution in [2.24, 2.45) is 0 Å². The van der Waals surface area contributed by atoms with Gasteiger partial charge in [-0.15, -0.1) is 0 Å². The number of nitrogens with zero attached hydrogens (tertiary/aromatic N) is 1. The van der Waals surface area contributed by atoms with Crippen LogP contribution in [0.25, 0.3) is 0 Å². The lowest BCUT2D eigenvalue weighted by Crippen LogP contribution is -2.18. The quantitative estimate of drug-likeness (QED) is 0.456. The van der Waals surface area contributed by atoms with Crippen LogP contribution in [0.4, 0.5) is 0 Å². The summed E-state index contributed by atoms with van der Waals surface area (Å²) in [6.45, 7) is 17.6. The van der Waals surface area contributed by atoms with Crippen molar-refractivity contribution in [2.75, 3.05) is 0 Å². The van der Waals surface area contributed by atoms with Gasteiger partial charge in [0.15, 0.2) is 0 Å². The van der Waals surface area contributed by atoms with E-state index in [1.807, 2.05) is 81.5 Å². The van der Waals surface area contributed by atoms with Crippen LogP contribution in [-0.2, 0) is 0 Å². The van der Waals surface area contributed by atoms with Gasteiger partial charge in [-0.1, -0.05) is 74.4 Å². The van der Waals surface area contributed by atoms with Crippen LogP contribution in [0, 0.1) is 0 Å². The second-order valence-corrected chi connectivity index (χ2v) is 4.33. The molecule has 0 aromatic rings. The summed E-state index contributed by atoms with van der Waals surface area (Å²) in [6.07, 6.45) is 23.4. The molecule has 0 unspecified atom stereocenters. The molecule has 0 fully saturated rings. The maximum Gasteiger partial charge on any atom is 0.0418 e. The van der Waals surface area contributed by atoms with Gasteiger partial charge in [0, 0.05) is 17.1 Å². The molecule has 0 aromatic carbocycles. The van der Waals surface area contributed by atoms with Crippen LogP contribution in [0.1, 0.15) is 20.8 Å². The van der Waals surface area contributed by atoms with E-state index >= 15 is 0 Å². The molecule has 0 rings (SSSR count). The maximum absolute atomic E-state index is 4.18. The van der Waals surface area contributed by atoms with E-state index in [1.54, 1.807) is 12.2 Å². The highest BCUT2D eigenvalue weighted by Crippen LogP contribution is 2.22. The Morgan fingerprint density at radius 2 is 1.23 bits per heavy atom. The van der Waals surface area contributed by atoms with Gasteiger partial charge < -0.3 is 4.90 Å². The van der Waals surface area contributed by atoms with Gasteiger partial charge >= 0.3 is 0 Å². The Bertz CT molecular complexity index is 514. The molecule has 1 heteroatoms. The molecule has 0 radical (unpaired) electrons. The Kier molecular flexibility index (Phi) is 10.8. The van der Waals surface area contributed by atoms with E-state index in [1.165, 1.54) is 0 Å². The zero-order valence-electron chi connectivity index (χ0n) is 14.0. The fourth-order valence-electron chi connectivity index (χ4n) is 1.77. The van der Waals surface area contributed by atoms with Crippen molar-refractivity contribution in [2.45, 2.75) is 20.8 Å². The third-order valence-corrected chi connectivity index (χ3v) is 2.79. The van der Waals surface area contributed by atoms with E-state index in [0.717, 1.165) is 17.1 Å². The van der Waals surface area contributed by atoms with E-state index < -0.39 is 0 Å². The molecule has 0 aromatic heterocycles. The number of rotatable bonds is 9. The van der Waals surface area contributed by atoms with Crippen LogP contribution in [0.2, 0.25) is 0 Å². The standard InChI is InChI=1S/C21H27N/c1-7-12-15-16-19(6)22(20(10-4)17-13-8-2)21(11-5)18-14-9-3/h7-18H,2-3,6H2,1,4-5H3/b12-7-,16-15-,17-13-,18-14-,20-10+,21-11+. The number of hydrogen-bond donors (Lipinski definition) is 0. The molecule has 0 N–H and O–H groups in total. The average Bonchev–Trinajstić information content (AvgIpc) is 2.53. The topological polar surface area (TPSA) is 3.24 Å². The minimum Gasteiger partial charge on any atom is -0.312 e. The van der Waals surface area contributed by atoms with E-state index in [-0.39, 0.29) is 0 Å². The normalized spacial score (nSPS) is 13.6. The minimum absolute atomic E-state index is 0.877. The van der Waals surface area contributed by atoms with E-state index in [4.69, 9.17) is 0 Å². The van der Waals surface area contributed by atoms with E-state index in [2.05, 4.69) is 24.6 Å². The third-order valence-electron chi connectivity index (χ3n) is 2.79. The predicted molar refractivity (Wildman–Crippen MR) is 101 cm³/mol. The molecule has 0 atom stereocenters. The Balaban J connectivity index is 5.79. The van der Waals surface area contributed by atoms with Gasteiger partial charge in [-0.05, 0) is 39.0 Å². The molecule has 0 spiro atoms. The predicted octanol–water partition coefficient (Wildman–Crippen LogP) is 6.23. The summed E-state index contributed by atoms with van der Waals surface area (Å²) in [5, 5.41) is 0. The third kappa shape index (κ3) is 6.76. The zero-order valence-corrected chi connectivity index (χ0v) is 14.0. The Morgan fingerprint density at radius 3 is 1.59 bits per heavy atom. The van der Waals surface area contributed by atoms with Gasteiger partial charge in [0.2, 0.25) is 0 Å². The lowest BCUT2D eigenvalue weighted by molar-refractivity contribution is 0.578. The molecular weight excluding hydrogens is 266 g/mol. The highest BCUT2D eigenvalue weighted by molar-refractivity contribution is 5.38. The van der Waals surface area contributed by atoms with Crippen molar-refractivity contribution in [3.63, 3.8) is 0 Å². The van der Waals surface area contributed by atoms with Gasteiger partial charge in [-0.2, -0.15) is 0 Å². The molecule has 0 aliphatic carbocycles.